The van der Waals surface area contributed by atoms with E-state index < -0.39 is 6.09 Å². The molecule has 1 aromatic carbocycles. The van der Waals surface area contributed by atoms with Crippen LogP contribution in [-0.4, -0.2) is 48.9 Å². The Labute approximate surface area is 150 Å². The van der Waals surface area contributed by atoms with Gasteiger partial charge in [-0.1, -0.05) is 0 Å². The predicted molar refractivity (Wildman–Crippen MR) is 94.0 cm³/mol. The van der Waals surface area contributed by atoms with Crippen LogP contribution >= 0.6 is 0 Å². The summed E-state index contributed by atoms with van der Waals surface area (Å²) in [7, 11) is 1.56. The molecule has 1 aliphatic heterocycles. The summed E-state index contributed by atoms with van der Waals surface area (Å²) < 4.78 is 10.7. The molecule has 2 heterocycles. The molecule has 2 N–H and O–H groups in total. The van der Waals surface area contributed by atoms with Crippen molar-refractivity contribution >= 4 is 17.7 Å². The standard InChI is InChI=1S/C18H19N3O5/c1-25-9-7-20-17(22)15-11-14(4-6-19-15)26-13-2-3-16-12(10-13)5-8-21(16)18(23)24/h2-4,6,10-11H,5,7-9H2,1H3,(H,20,22)(H,23,24). The van der Waals surface area contributed by atoms with E-state index in [4.69, 9.17) is 14.6 Å². The van der Waals surface area contributed by atoms with Crippen LogP contribution in [0, 0.1) is 0 Å². The zero-order valence-electron chi connectivity index (χ0n) is 14.3. The first-order valence-electron chi connectivity index (χ1n) is 8.13. The van der Waals surface area contributed by atoms with Gasteiger partial charge in [0.15, 0.2) is 0 Å². The fourth-order valence-corrected chi connectivity index (χ4v) is 2.73. The van der Waals surface area contributed by atoms with E-state index in [1.165, 1.54) is 11.1 Å². The molecule has 0 radical (unpaired) electrons. The predicted octanol–water partition coefficient (Wildman–Crippen LogP) is 2.29. The van der Waals surface area contributed by atoms with Gasteiger partial charge in [0.25, 0.3) is 5.91 Å². The van der Waals surface area contributed by atoms with Crippen molar-refractivity contribution in [2.24, 2.45) is 0 Å². The quantitative estimate of drug-likeness (QED) is 0.769. The van der Waals surface area contributed by atoms with E-state index in [-0.39, 0.29) is 11.6 Å². The van der Waals surface area contributed by atoms with Crippen LogP contribution in [0.25, 0.3) is 0 Å². The fraction of sp³-hybridized carbons (Fsp3) is 0.278. The van der Waals surface area contributed by atoms with Crippen LogP contribution in [0.3, 0.4) is 0 Å². The van der Waals surface area contributed by atoms with Crippen molar-refractivity contribution < 1.29 is 24.2 Å². The topological polar surface area (TPSA) is 101 Å². The highest BCUT2D eigenvalue weighted by atomic mass is 16.5. The summed E-state index contributed by atoms with van der Waals surface area (Å²) in [6, 6.07) is 8.46. The first kappa shape index (κ1) is 17.7. The van der Waals surface area contributed by atoms with Gasteiger partial charge in [-0.3, -0.25) is 14.7 Å². The van der Waals surface area contributed by atoms with Gasteiger partial charge in [0.1, 0.15) is 17.2 Å². The van der Waals surface area contributed by atoms with E-state index >= 15 is 0 Å². The molecule has 0 saturated heterocycles. The maximum absolute atomic E-state index is 12.0. The summed E-state index contributed by atoms with van der Waals surface area (Å²) in [6.07, 6.45) is 1.18. The minimum Gasteiger partial charge on any atom is -0.465 e. The number of anilines is 1. The highest BCUT2D eigenvalue weighted by Gasteiger charge is 2.24. The van der Waals surface area contributed by atoms with Crippen molar-refractivity contribution in [3.63, 3.8) is 0 Å². The molecule has 0 spiro atoms. The van der Waals surface area contributed by atoms with Crippen molar-refractivity contribution in [3.05, 3.63) is 47.8 Å². The van der Waals surface area contributed by atoms with Crippen molar-refractivity contribution in [3.8, 4) is 11.5 Å². The van der Waals surface area contributed by atoms with Crippen LogP contribution in [0.5, 0.6) is 11.5 Å². The van der Waals surface area contributed by atoms with Gasteiger partial charge >= 0.3 is 6.09 Å². The third kappa shape index (κ3) is 3.92. The Morgan fingerprint density at radius 1 is 1.27 bits per heavy atom. The molecule has 1 aliphatic rings. The van der Waals surface area contributed by atoms with E-state index in [0.717, 1.165) is 5.56 Å². The Morgan fingerprint density at radius 2 is 2.08 bits per heavy atom. The largest absolute Gasteiger partial charge is 0.465 e. The molecule has 136 valence electrons. The van der Waals surface area contributed by atoms with Gasteiger partial charge < -0.3 is 19.9 Å². The van der Waals surface area contributed by atoms with E-state index in [9.17, 15) is 9.59 Å². The number of hydrogen-bond acceptors (Lipinski definition) is 5. The van der Waals surface area contributed by atoms with Crippen LogP contribution < -0.4 is 15.0 Å². The molecule has 8 heteroatoms. The maximum Gasteiger partial charge on any atom is 0.411 e. The third-order valence-electron chi connectivity index (χ3n) is 3.97. The number of amides is 2. The number of pyridine rings is 1. The van der Waals surface area contributed by atoms with Crippen molar-refractivity contribution in [2.75, 3.05) is 31.7 Å². The summed E-state index contributed by atoms with van der Waals surface area (Å²) in [5.74, 6) is 0.747. The number of aromatic nitrogens is 1. The molecule has 0 bridgehead atoms. The van der Waals surface area contributed by atoms with Crippen molar-refractivity contribution in [1.29, 1.82) is 0 Å². The smallest absolute Gasteiger partial charge is 0.411 e. The molecule has 3 rings (SSSR count). The molecule has 8 nitrogen and oxygen atoms in total. The third-order valence-corrected chi connectivity index (χ3v) is 3.97. The molecule has 0 atom stereocenters. The average molecular weight is 357 g/mol. The normalized spacial score (nSPS) is 12.6. The number of benzene rings is 1. The summed E-state index contributed by atoms with van der Waals surface area (Å²) in [6.45, 7) is 1.26. The highest BCUT2D eigenvalue weighted by Crippen LogP contribution is 2.33. The second-order valence-electron chi connectivity index (χ2n) is 5.70. The van der Waals surface area contributed by atoms with Crippen molar-refractivity contribution in [2.45, 2.75) is 6.42 Å². The lowest BCUT2D eigenvalue weighted by Gasteiger charge is -2.13. The van der Waals surface area contributed by atoms with Gasteiger partial charge in [-0.25, -0.2) is 4.79 Å². The lowest BCUT2D eigenvalue weighted by molar-refractivity contribution is 0.0931. The zero-order chi connectivity index (χ0) is 18.5. The molecule has 1 aromatic heterocycles. The Balaban J connectivity index is 1.71. The number of ether oxygens (including phenoxy) is 2. The van der Waals surface area contributed by atoms with Crippen LogP contribution in [0.15, 0.2) is 36.5 Å². The minimum absolute atomic E-state index is 0.247. The van der Waals surface area contributed by atoms with Crippen LogP contribution in [0.1, 0.15) is 16.1 Å². The molecule has 0 fully saturated rings. The SMILES string of the molecule is COCCNC(=O)c1cc(Oc2ccc3c(c2)CCN3C(=O)O)ccn1. The van der Waals surface area contributed by atoms with Crippen LogP contribution in [0.2, 0.25) is 0 Å². The number of hydrogen-bond donors (Lipinski definition) is 2. The molecule has 2 aromatic rings. The number of fused-ring (bicyclic) bond motifs is 1. The van der Waals surface area contributed by atoms with Gasteiger partial charge in [0, 0.05) is 32.5 Å². The van der Waals surface area contributed by atoms with Gasteiger partial charge in [-0.2, -0.15) is 0 Å². The summed E-state index contributed by atoms with van der Waals surface area (Å²) >= 11 is 0. The lowest BCUT2D eigenvalue weighted by atomic mass is 10.1. The number of rotatable bonds is 6. The zero-order valence-corrected chi connectivity index (χ0v) is 14.3. The Hall–Kier alpha value is -3.13. The van der Waals surface area contributed by atoms with Gasteiger partial charge in [-0.05, 0) is 36.2 Å². The number of carbonyl (C=O) groups excluding carboxylic acids is 1. The number of carboxylic acid groups (broad SMARTS) is 1. The van der Waals surface area contributed by atoms with E-state index in [1.807, 2.05) is 6.07 Å². The number of nitrogens with zero attached hydrogens (tertiary/aromatic N) is 2. The maximum atomic E-state index is 12.0. The Bertz CT molecular complexity index is 824. The molecule has 0 unspecified atom stereocenters. The number of nitrogens with one attached hydrogen (secondary N) is 1. The highest BCUT2D eigenvalue weighted by molar-refractivity contribution is 5.92. The first-order chi connectivity index (χ1) is 12.6. The molecular formula is C18H19N3O5. The number of carbonyl (C=O) groups is 2. The van der Waals surface area contributed by atoms with E-state index in [1.54, 1.807) is 31.4 Å². The summed E-state index contributed by atoms with van der Waals surface area (Å²) in [5.41, 5.74) is 1.84. The first-order valence-corrected chi connectivity index (χ1v) is 8.13. The lowest BCUT2D eigenvalue weighted by Crippen LogP contribution is -2.27. The number of methoxy groups -OCH3 is 1. The molecular weight excluding hydrogens is 338 g/mol. The second kappa shape index (κ2) is 7.83. The summed E-state index contributed by atoms with van der Waals surface area (Å²) in [4.78, 5) is 28.6. The monoisotopic (exact) mass is 357 g/mol. The van der Waals surface area contributed by atoms with E-state index in [0.29, 0.717) is 43.3 Å². The van der Waals surface area contributed by atoms with Crippen LogP contribution in [-0.2, 0) is 11.2 Å². The second-order valence-corrected chi connectivity index (χ2v) is 5.70. The minimum atomic E-state index is -0.962. The summed E-state index contributed by atoms with van der Waals surface area (Å²) in [5, 5.41) is 11.9. The van der Waals surface area contributed by atoms with Gasteiger partial charge in [-0.15, -0.1) is 0 Å². The average Bonchev–Trinajstić information content (AvgIpc) is 3.05. The molecule has 26 heavy (non-hydrogen) atoms. The molecule has 2 amide bonds. The van der Waals surface area contributed by atoms with E-state index in [2.05, 4.69) is 10.3 Å². The van der Waals surface area contributed by atoms with Gasteiger partial charge in [0.2, 0.25) is 0 Å². The molecule has 0 saturated carbocycles. The Morgan fingerprint density at radius 3 is 2.85 bits per heavy atom. The molecule has 0 aliphatic carbocycles. The van der Waals surface area contributed by atoms with Crippen molar-refractivity contribution in [1.82, 2.24) is 10.3 Å². The van der Waals surface area contributed by atoms with Crippen LogP contribution in [0.4, 0.5) is 10.5 Å². The fourth-order valence-electron chi connectivity index (χ4n) is 2.73. The van der Waals surface area contributed by atoms with Gasteiger partial charge in [0.05, 0.1) is 12.3 Å². The Kier molecular flexibility index (Phi) is 5.33.